The van der Waals surface area contributed by atoms with Crippen molar-refractivity contribution in [2.24, 2.45) is 0 Å². The number of benzene rings is 9. The number of para-hydroxylation sites is 3. The van der Waals surface area contributed by atoms with Crippen molar-refractivity contribution < 1.29 is 8.83 Å². The fourth-order valence-corrected chi connectivity index (χ4v) is 9.18. The lowest BCUT2D eigenvalue weighted by Crippen LogP contribution is -2.04. The number of furan rings is 2. The molecule has 0 aliphatic carbocycles. The van der Waals surface area contributed by atoms with Gasteiger partial charge in [0.2, 0.25) is 0 Å². The first-order valence-electron chi connectivity index (χ1n) is 20.4. The molecule has 13 rings (SSSR count). The molecular weight excluding hydrogens is 749 g/mol. The smallest absolute Gasteiger partial charge is 0.170 e. The number of fused-ring (bicyclic) bond motifs is 10. The zero-order valence-corrected chi connectivity index (χ0v) is 32.6. The number of rotatable bonds is 5. The second kappa shape index (κ2) is 13.1. The lowest BCUT2D eigenvalue weighted by molar-refractivity contribution is 0.669. The molecule has 0 spiro atoms. The second-order valence-corrected chi connectivity index (χ2v) is 15.6. The Kier molecular flexibility index (Phi) is 7.21. The van der Waals surface area contributed by atoms with Crippen LogP contribution in [0.3, 0.4) is 0 Å². The molecule has 0 aliphatic rings. The second-order valence-electron chi connectivity index (χ2n) is 15.6. The lowest BCUT2D eigenvalue weighted by atomic mass is 10.0. The third-order valence-electron chi connectivity index (χ3n) is 12.0. The summed E-state index contributed by atoms with van der Waals surface area (Å²) >= 11 is 0. The third kappa shape index (κ3) is 5.26. The van der Waals surface area contributed by atoms with Gasteiger partial charge in [0.15, 0.2) is 17.5 Å². The number of aromatic nitrogens is 4. The topological polar surface area (TPSA) is 69.9 Å². The maximum Gasteiger partial charge on any atom is 0.170 e. The molecule has 0 amide bonds. The van der Waals surface area contributed by atoms with Gasteiger partial charge in [-0.15, -0.1) is 0 Å². The molecule has 61 heavy (non-hydrogen) atoms. The molecule has 4 aromatic heterocycles. The molecule has 9 aromatic carbocycles. The minimum absolute atomic E-state index is 0.508. The first-order valence-corrected chi connectivity index (χ1v) is 20.4. The predicted octanol–water partition coefficient (Wildman–Crippen LogP) is 14.6. The Bertz CT molecular complexity index is 3900. The Morgan fingerprint density at radius 3 is 1.75 bits per heavy atom. The molecule has 0 N–H and O–H groups in total. The fraction of sp³-hybridized carbons (Fsp3) is 0. The molecule has 4 heterocycles. The lowest BCUT2D eigenvalue weighted by Gasteiger charge is -2.15. The van der Waals surface area contributed by atoms with Gasteiger partial charge in [0.05, 0.1) is 22.3 Å². The summed E-state index contributed by atoms with van der Waals surface area (Å²) in [5, 5.41) is 8.74. The zero-order chi connectivity index (χ0) is 40.0. The summed E-state index contributed by atoms with van der Waals surface area (Å²) in [6.45, 7) is 0. The third-order valence-corrected chi connectivity index (χ3v) is 12.0. The van der Waals surface area contributed by atoms with Gasteiger partial charge in [-0.1, -0.05) is 127 Å². The fourth-order valence-electron chi connectivity index (χ4n) is 9.18. The molecule has 0 saturated heterocycles. The van der Waals surface area contributed by atoms with Gasteiger partial charge >= 0.3 is 0 Å². The van der Waals surface area contributed by atoms with Crippen LogP contribution in [-0.4, -0.2) is 19.5 Å². The number of nitrogens with zero attached hydrogens (tertiary/aromatic N) is 4. The van der Waals surface area contributed by atoms with Crippen molar-refractivity contribution in [1.29, 1.82) is 0 Å². The molecule has 0 bridgehead atoms. The monoisotopic (exact) mass is 780 g/mol. The Labute approximate surface area is 348 Å². The van der Waals surface area contributed by atoms with Gasteiger partial charge in [0.25, 0.3) is 0 Å². The standard InChI is InChI=1S/C55H32N4O2/c1-2-13-33(14-3-1)34-17-12-18-37(29-34)53-56-54(38-25-28-50-44(31-38)41-21-8-10-23-48(41)60-50)58-55(57-53)51-46(27-26-42-40-20-7-11-24-49(40)61-52(42)51)59-45-22-9-6-19-39(45)43-30-35-15-4-5-16-36(35)32-47(43)59/h1-32H. The first kappa shape index (κ1) is 33.6. The molecule has 284 valence electrons. The van der Waals surface area contributed by atoms with Crippen molar-refractivity contribution in [3.63, 3.8) is 0 Å². The van der Waals surface area contributed by atoms with Crippen LogP contribution in [0, 0.1) is 0 Å². The van der Waals surface area contributed by atoms with Crippen molar-refractivity contribution in [3.05, 3.63) is 194 Å². The Balaban J connectivity index is 1.14. The molecular formula is C55H32N4O2. The van der Waals surface area contributed by atoms with Crippen LogP contribution in [0.4, 0.5) is 0 Å². The van der Waals surface area contributed by atoms with E-state index in [1.165, 1.54) is 10.8 Å². The van der Waals surface area contributed by atoms with E-state index >= 15 is 0 Å². The van der Waals surface area contributed by atoms with Crippen molar-refractivity contribution in [3.8, 4) is 51.0 Å². The van der Waals surface area contributed by atoms with E-state index in [4.69, 9.17) is 23.8 Å². The van der Waals surface area contributed by atoms with Gasteiger partial charge in [-0.3, -0.25) is 0 Å². The van der Waals surface area contributed by atoms with Crippen molar-refractivity contribution in [1.82, 2.24) is 19.5 Å². The molecule has 0 radical (unpaired) electrons. The van der Waals surface area contributed by atoms with Crippen LogP contribution in [0.2, 0.25) is 0 Å². The molecule has 0 aliphatic heterocycles. The van der Waals surface area contributed by atoms with Crippen LogP contribution in [0.1, 0.15) is 0 Å². The van der Waals surface area contributed by atoms with Gasteiger partial charge in [-0.05, 0) is 88.6 Å². The summed E-state index contributed by atoms with van der Waals surface area (Å²) in [5.41, 5.74) is 10.9. The van der Waals surface area contributed by atoms with Crippen LogP contribution >= 0.6 is 0 Å². The molecule has 13 aromatic rings. The van der Waals surface area contributed by atoms with Crippen LogP contribution in [0.5, 0.6) is 0 Å². The van der Waals surface area contributed by atoms with E-state index < -0.39 is 0 Å². The Hall–Kier alpha value is -8.35. The minimum atomic E-state index is 0.508. The van der Waals surface area contributed by atoms with E-state index in [0.717, 1.165) is 93.6 Å². The molecule has 0 atom stereocenters. The molecule has 0 saturated carbocycles. The van der Waals surface area contributed by atoms with Gasteiger partial charge in [-0.25, -0.2) is 15.0 Å². The maximum atomic E-state index is 6.91. The average Bonchev–Trinajstić information content (AvgIpc) is 4.00. The van der Waals surface area contributed by atoms with Gasteiger partial charge in [0.1, 0.15) is 22.3 Å². The molecule has 6 nitrogen and oxygen atoms in total. The summed E-state index contributed by atoms with van der Waals surface area (Å²) in [7, 11) is 0. The van der Waals surface area contributed by atoms with Crippen molar-refractivity contribution in [2.75, 3.05) is 0 Å². The number of hydrogen-bond donors (Lipinski definition) is 0. The number of hydrogen-bond acceptors (Lipinski definition) is 5. The molecule has 0 unspecified atom stereocenters. The van der Waals surface area contributed by atoms with Crippen LogP contribution in [-0.2, 0) is 0 Å². The summed E-state index contributed by atoms with van der Waals surface area (Å²) in [6.07, 6.45) is 0. The molecule has 0 fully saturated rings. The van der Waals surface area contributed by atoms with Crippen LogP contribution in [0.15, 0.2) is 203 Å². The minimum Gasteiger partial charge on any atom is -0.456 e. The largest absolute Gasteiger partial charge is 0.456 e. The van der Waals surface area contributed by atoms with Gasteiger partial charge < -0.3 is 13.4 Å². The molecule has 6 heteroatoms. The van der Waals surface area contributed by atoms with E-state index in [9.17, 15) is 0 Å². The Morgan fingerprint density at radius 1 is 0.328 bits per heavy atom. The van der Waals surface area contributed by atoms with Gasteiger partial charge in [-0.2, -0.15) is 0 Å². The van der Waals surface area contributed by atoms with E-state index in [1.54, 1.807) is 0 Å². The van der Waals surface area contributed by atoms with E-state index in [0.29, 0.717) is 23.1 Å². The summed E-state index contributed by atoms with van der Waals surface area (Å²) in [6, 6.07) is 67.4. The maximum absolute atomic E-state index is 6.91. The van der Waals surface area contributed by atoms with Crippen molar-refractivity contribution in [2.45, 2.75) is 0 Å². The summed E-state index contributed by atoms with van der Waals surface area (Å²) < 4.78 is 15.5. The van der Waals surface area contributed by atoms with Crippen molar-refractivity contribution >= 4 is 76.5 Å². The highest BCUT2D eigenvalue weighted by molar-refractivity contribution is 6.16. The van der Waals surface area contributed by atoms with E-state index in [1.807, 2.05) is 48.5 Å². The summed E-state index contributed by atoms with van der Waals surface area (Å²) in [4.78, 5) is 16.1. The SMILES string of the molecule is c1ccc(-c2cccc(-c3nc(-c4ccc5oc6ccccc6c5c4)nc(-c4c(-n5c6ccccc6c6cc7ccccc7cc65)ccc5c4oc4ccccc45)n3)c2)cc1. The average molecular weight is 781 g/mol. The highest BCUT2D eigenvalue weighted by Crippen LogP contribution is 2.43. The quantitative estimate of drug-likeness (QED) is 0.174. The van der Waals surface area contributed by atoms with Crippen LogP contribution in [0.25, 0.3) is 127 Å². The Morgan fingerprint density at radius 2 is 0.934 bits per heavy atom. The van der Waals surface area contributed by atoms with Gasteiger partial charge in [0, 0.05) is 43.4 Å². The highest BCUT2D eigenvalue weighted by atomic mass is 16.3. The first-order chi connectivity index (χ1) is 30.2. The summed E-state index contributed by atoms with van der Waals surface area (Å²) in [5.74, 6) is 1.61. The van der Waals surface area contributed by atoms with E-state index in [2.05, 4.69) is 150 Å². The van der Waals surface area contributed by atoms with Crippen LogP contribution < -0.4 is 0 Å². The predicted molar refractivity (Wildman–Crippen MR) is 248 cm³/mol. The normalized spacial score (nSPS) is 11.9. The van der Waals surface area contributed by atoms with E-state index in [-0.39, 0.29) is 0 Å². The highest BCUT2D eigenvalue weighted by Gasteiger charge is 2.25. The zero-order valence-electron chi connectivity index (χ0n) is 32.6.